The quantitative estimate of drug-likeness (QED) is 0.532. The summed E-state index contributed by atoms with van der Waals surface area (Å²) in [5, 5.41) is 0.738. The van der Waals surface area contributed by atoms with Gasteiger partial charge in [-0.1, -0.05) is 0 Å². The van der Waals surface area contributed by atoms with Crippen molar-refractivity contribution in [2.24, 2.45) is 0 Å². The Morgan fingerprint density at radius 1 is 1.14 bits per heavy atom. The van der Waals surface area contributed by atoms with Crippen LogP contribution in [0.25, 0.3) is 10.2 Å². The highest BCUT2D eigenvalue weighted by atomic mass is 32.1. The van der Waals surface area contributed by atoms with E-state index >= 15 is 0 Å². The first-order chi connectivity index (χ1) is 14.0. The van der Waals surface area contributed by atoms with Crippen molar-refractivity contribution in [1.82, 2.24) is 9.97 Å². The van der Waals surface area contributed by atoms with Gasteiger partial charge < -0.3 is 19.5 Å². The zero-order valence-corrected chi connectivity index (χ0v) is 17.6. The van der Waals surface area contributed by atoms with Gasteiger partial charge in [0, 0.05) is 4.88 Å². The lowest BCUT2D eigenvalue weighted by Gasteiger charge is -2.29. The maximum absolute atomic E-state index is 12.9. The number of fused-ring (bicyclic) bond motifs is 1. The van der Waals surface area contributed by atoms with Gasteiger partial charge in [0.15, 0.2) is 5.82 Å². The molecular formula is C21H27FN4O2S+2. The highest BCUT2D eigenvalue weighted by Gasteiger charge is 2.24. The number of thiophene rings is 1. The zero-order valence-electron chi connectivity index (χ0n) is 16.8. The first kappa shape index (κ1) is 20.0. The first-order valence-corrected chi connectivity index (χ1v) is 10.9. The molecule has 3 N–H and O–H groups in total. The number of aryl methyl sites for hydroxylation is 2. The highest BCUT2D eigenvalue weighted by Crippen LogP contribution is 2.25. The lowest BCUT2D eigenvalue weighted by molar-refractivity contribution is -1.02. The van der Waals surface area contributed by atoms with E-state index in [4.69, 9.17) is 9.72 Å². The Morgan fingerprint density at radius 3 is 2.55 bits per heavy atom. The van der Waals surface area contributed by atoms with Crippen LogP contribution in [0.3, 0.4) is 0 Å². The van der Waals surface area contributed by atoms with Crippen molar-refractivity contribution in [2.75, 3.05) is 39.3 Å². The minimum absolute atomic E-state index is 0.0200. The fourth-order valence-corrected chi connectivity index (χ4v) is 4.90. The molecule has 2 aromatic heterocycles. The topological polar surface area (TPSA) is 63.9 Å². The fourth-order valence-electron chi connectivity index (χ4n) is 3.85. The Labute approximate surface area is 172 Å². The van der Waals surface area contributed by atoms with E-state index in [-0.39, 0.29) is 11.4 Å². The van der Waals surface area contributed by atoms with Gasteiger partial charge in [0.1, 0.15) is 62.3 Å². The number of nitrogens with zero attached hydrogens (tertiary/aromatic N) is 1. The number of H-pyrrole nitrogens is 1. The van der Waals surface area contributed by atoms with E-state index in [0.29, 0.717) is 12.4 Å². The minimum Gasteiger partial charge on any atom is -0.488 e. The van der Waals surface area contributed by atoms with E-state index in [1.54, 1.807) is 23.5 Å². The van der Waals surface area contributed by atoms with Gasteiger partial charge in [0.05, 0.1) is 5.39 Å². The van der Waals surface area contributed by atoms with E-state index in [2.05, 4.69) is 4.98 Å². The second kappa shape index (κ2) is 8.61. The lowest BCUT2D eigenvalue weighted by Crippen LogP contribution is -3.27. The molecule has 3 aromatic rings. The molecule has 3 heterocycles. The number of hydrogen-bond donors (Lipinski definition) is 3. The molecule has 29 heavy (non-hydrogen) atoms. The lowest BCUT2D eigenvalue weighted by atomic mass is 10.2. The third-order valence-corrected chi connectivity index (χ3v) is 6.81. The number of ether oxygens (including phenoxy) is 1. The molecule has 0 saturated carbocycles. The number of rotatable bonds is 6. The minimum atomic E-state index is -0.249. The summed E-state index contributed by atoms with van der Waals surface area (Å²) in [7, 11) is 0. The number of nitrogens with one attached hydrogen (secondary N) is 3. The van der Waals surface area contributed by atoms with Crippen LogP contribution in [0, 0.1) is 19.7 Å². The molecule has 0 atom stereocenters. The van der Waals surface area contributed by atoms with Crippen LogP contribution in [-0.4, -0.2) is 49.3 Å². The van der Waals surface area contributed by atoms with Crippen molar-refractivity contribution in [3.63, 3.8) is 0 Å². The predicted molar refractivity (Wildman–Crippen MR) is 112 cm³/mol. The van der Waals surface area contributed by atoms with Crippen molar-refractivity contribution < 1.29 is 18.9 Å². The second-order valence-electron chi connectivity index (χ2n) is 7.71. The molecule has 8 heteroatoms. The van der Waals surface area contributed by atoms with Crippen molar-refractivity contribution in [1.29, 1.82) is 0 Å². The Balaban J connectivity index is 1.27. The van der Waals surface area contributed by atoms with Gasteiger partial charge in [-0.2, -0.15) is 0 Å². The van der Waals surface area contributed by atoms with Gasteiger partial charge in [0.2, 0.25) is 0 Å². The van der Waals surface area contributed by atoms with E-state index in [1.807, 2.05) is 13.8 Å². The largest absolute Gasteiger partial charge is 0.488 e. The highest BCUT2D eigenvalue weighted by molar-refractivity contribution is 7.18. The van der Waals surface area contributed by atoms with Crippen LogP contribution < -0.4 is 20.1 Å². The van der Waals surface area contributed by atoms with Gasteiger partial charge in [-0.3, -0.25) is 4.79 Å². The molecule has 154 valence electrons. The number of aromatic nitrogens is 2. The Bertz CT molecular complexity index is 1040. The molecule has 0 bridgehead atoms. The van der Waals surface area contributed by atoms with Crippen molar-refractivity contribution >= 4 is 21.6 Å². The summed E-state index contributed by atoms with van der Waals surface area (Å²) in [6, 6.07) is 6.15. The van der Waals surface area contributed by atoms with Crippen LogP contribution in [0.5, 0.6) is 5.75 Å². The normalized spacial score (nSPS) is 19.6. The summed E-state index contributed by atoms with van der Waals surface area (Å²) in [6.07, 6.45) is 0. The summed E-state index contributed by atoms with van der Waals surface area (Å²) < 4.78 is 18.6. The molecule has 1 aliphatic rings. The number of aromatic amines is 1. The zero-order chi connectivity index (χ0) is 20.4. The average molecular weight is 419 g/mol. The molecule has 4 rings (SSSR count). The summed E-state index contributed by atoms with van der Waals surface area (Å²) >= 11 is 1.60. The number of halogens is 1. The summed E-state index contributed by atoms with van der Waals surface area (Å²) in [5.41, 5.74) is 1.02. The summed E-state index contributed by atoms with van der Waals surface area (Å²) in [5.74, 6) is 1.24. The number of piperazine rings is 1. The van der Waals surface area contributed by atoms with Crippen molar-refractivity contribution in [3.8, 4) is 5.75 Å². The fraction of sp³-hybridized carbons (Fsp3) is 0.429. The Morgan fingerprint density at radius 2 is 1.83 bits per heavy atom. The van der Waals surface area contributed by atoms with E-state index in [1.165, 1.54) is 21.9 Å². The molecule has 0 radical (unpaired) electrons. The molecule has 0 amide bonds. The molecule has 0 aliphatic carbocycles. The maximum atomic E-state index is 12.9. The number of hydrogen-bond acceptors (Lipinski definition) is 4. The van der Waals surface area contributed by atoms with Gasteiger partial charge in [-0.05, 0) is 43.7 Å². The molecule has 6 nitrogen and oxygen atoms in total. The van der Waals surface area contributed by atoms with E-state index < -0.39 is 0 Å². The van der Waals surface area contributed by atoms with Crippen LogP contribution in [-0.2, 0) is 6.54 Å². The summed E-state index contributed by atoms with van der Waals surface area (Å²) in [4.78, 5) is 25.1. The van der Waals surface area contributed by atoms with Crippen LogP contribution in [0.2, 0.25) is 0 Å². The number of quaternary nitrogens is 2. The van der Waals surface area contributed by atoms with Crippen LogP contribution in [0.1, 0.15) is 16.3 Å². The van der Waals surface area contributed by atoms with E-state index in [9.17, 15) is 9.18 Å². The second-order valence-corrected chi connectivity index (χ2v) is 8.91. The maximum Gasteiger partial charge on any atom is 0.260 e. The number of benzene rings is 1. The smallest absolute Gasteiger partial charge is 0.260 e. The average Bonchev–Trinajstić information content (AvgIpc) is 2.99. The summed E-state index contributed by atoms with van der Waals surface area (Å²) in [6.45, 7) is 10.5. The molecular weight excluding hydrogens is 391 g/mol. The van der Waals surface area contributed by atoms with Crippen molar-refractivity contribution in [3.05, 3.63) is 56.7 Å². The SMILES string of the molecule is Cc1sc2nc(C[NH+]3CC[NH+](CCOc4ccc(F)cc4)CC3)[nH]c(=O)c2c1C. The monoisotopic (exact) mass is 418 g/mol. The van der Waals surface area contributed by atoms with E-state index in [0.717, 1.165) is 65.8 Å². The molecule has 0 spiro atoms. The first-order valence-electron chi connectivity index (χ1n) is 10.0. The van der Waals surface area contributed by atoms with Crippen LogP contribution in [0.4, 0.5) is 4.39 Å². The Kier molecular flexibility index (Phi) is 5.94. The molecule has 1 aliphatic heterocycles. The van der Waals surface area contributed by atoms with Gasteiger partial charge in [0.25, 0.3) is 5.56 Å². The molecule has 1 aromatic carbocycles. The van der Waals surface area contributed by atoms with Gasteiger partial charge in [-0.25, -0.2) is 9.37 Å². The third kappa shape index (κ3) is 4.66. The van der Waals surface area contributed by atoms with Crippen LogP contribution >= 0.6 is 11.3 Å². The van der Waals surface area contributed by atoms with Crippen molar-refractivity contribution in [2.45, 2.75) is 20.4 Å². The standard InChI is InChI=1S/C21H25FN4O2S/c1-14-15(2)29-21-19(14)20(27)23-18(24-21)13-26-9-7-25(8-10-26)11-12-28-17-5-3-16(22)4-6-17/h3-6H,7-13H2,1-2H3,(H,23,24,27)/p+2. The van der Waals surface area contributed by atoms with Gasteiger partial charge >= 0.3 is 0 Å². The third-order valence-electron chi connectivity index (χ3n) is 5.71. The van der Waals surface area contributed by atoms with Gasteiger partial charge in [-0.15, -0.1) is 11.3 Å². The van der Waals surface area contributed by atoms with Crippen LogP contribution in [0.15, 0.2) is 29.1 Å². The molecule has 0 unspecified atom stereocenters. The molecule has 1 fully saturated rings. The predicted octanol–water partition coefficient (Wildman–Crippen LogP) is 0.103. The Hall–Kier alpha value is -2.29. The molecule has 1 saturated heterocycles.